The number of nitrogens with one attached hydrogen (secondary N) is 1. The molecule has 3 N–H and O–H groups in total. The van der Waals surface area contributed by atoms with E-state index in [1.807, 2.05) is 26.0 Å². The number of pyridine rings is 1. The Bertz CT molecular complexity index is 706. The lowest BCUT2D eigenvalue weighted by molar-refractivity contribution is 0.104. The molecule has 0 spiro atoms. The Morgan fingerprint density at radius 1 is 1.39 bits per heavy atom. The van der Waals surface area contributed by atoms with Gasteiger partial charge in [-0.05, 0) is 24.5 Å². The van der Waals surface area contributed by atoms with Gasteiger partial charge in [-0.1, -0.05) is 19.9 Å². The topological polar surface area (TPSA) is 93.8 Å². The SMILES string of the molecule is CC(N)=CC(=O)c1cnc(NCc2cccnc2)nc1C(C)C. The van der Waals surface area contributed by atoms with Gasteiger partial charge < -0.3 is 11.1 Å². The molecule has 2 heterocycles. The number of carbonyl (C=O) groups excluding carboxylic acids is 1. The minimum absolute atomic E-state index is 0.0994. The summed E-state index contributed by atoms with van der Waals surface area (Å²) in [5, 5.41) is 3.15. The van der Waals surface area contributed by atoms with E-state index < -0.39 is 0 Å². The predicted octanol–water partition coefficient (Wildman–Crippen LogP) is 2.65. The summed E-state index contributed by atoms with van der Waals surface area (Å²) < 4.78 is 0. The fourth-order valence-electron chi connectivity index (χ4n) is 2.08. The van der Waals surface area contributed by atoms with Crippen LogP contribution in [0.5, 0.6) is 0 Å². The van der Waals surface area contributed by atoms with Gasteiger partial charge in [0.15, 0.2) is 5.78 Å². The molecule has 0 saturated heterocycles. The molecule has 0 fully saturated rings. The van der Waals surface area contributed by atoms with Crippen LogP contribution in [0.15, 0.2) is 42.5 Å². The van der Waals surface area contributed by atoms with Gasteiger partial charge >= 0.3 is 0 Å². The van der Waals surface area contributed by atoms with Crippen LogP contribution in [-0.4, -0.2) is 20.7 Å². The average Bonchev–Trinajstić information content (AvgIpc) is 2.53. The minimum atomic E-state index is -0.174. The third-order valence-corrected chi connectivity index (χ3v) is 3.16. The van der Waals surface area contributed by atoms with Crippen molar-refractivity contribution in [2.24, 2.45) is 5.73 Å². The fraction of sp³-hybridized carbons (Fsp3) is 0.294. The van der Waals surface area contributed by atoms with E-state index in [2.05, 4.69) is 20.3 Å². The van der Waals surface area contributed by atoms with Crippen LogP contribution in [0.2, 0.25) is 0 Å². The highest BCUT2D eigenvalue weighted by Crippen LogP contribution is 2.19. The first kappa shape index (κ1) is 16.6. The monoisotopic (exact) mass is 311 g/mol. The molecule has 2 aromatic heterocycles. The van der Waals surface area contributed by atoms with Crippen LogP contribution in [0.1, 0.15) is 48.3 Å². The third-order valence-electron chi connectivity index (χ3n) is 3.16. The molecule has 0 aliphatic heterocycles. The molecule has 0 bridgehead atoms. The van der Waals surface area contributed by atoms with Crippen molar-refractivity contribution in [3.63, 3.8) is 0 Å². The Morgan fingerprint density at radius 2 is 2.17 bits per heavy atom. The summed E-state index contributed by atoms with van der Waals surface area (Å²) in [5.74, 6) is 0.414. The molecule has 120 valence electrons. The molecule has 23 heavy (non-hydrogen) atoms. The highest BCUT2D eigenvalue weighted by Gasteiger charge is 2.15. The zero-order valence-corrected chi connectivity index (χ0v) is 13.6. The van der Waals surface area contributed by atoms with E-state index in [4.69, 9.17) is 5.73 Å². The first-order chi connectivity index (χ1) is 11.0. The highest BCUT2D eigenvalue weighted by atomic mass is 16.1. The molecule has 0 saturated carbocycles. The Balaban J connectivity index is 2.22. The van der Waals surface area contributed by atoms with E-state index >= 15 is 0 Å². The van der Waals surface area contributed by atoms with Crippen LogP contribution in [0, 0.1) is 0 Å². The summed E-state index contributed by atoms with van der Waals surface area (Å²) in [6.07, 6.45) is 6.45. The largest absolute Gasteiger partial charge is 0.402 e. The summed E-state index contributed by atoms with van der Waals surface area (Å²) in [5.41, 5.74) is 8.26. The standard InChI is InChI=1S/C17H21N5O/c1-11(2)16-14(15(23)7-12(3)18)10-21-17(22-16)20-9-13-5-4-6-19-8-13/h4-8,10-11H,9,18H2,1-3H3,(H,20,21,22). The molecule has 0 radical (unpaired) electrons. The number of nitrogens with zero attached hydrogens (tertiary/aromatic N) is 3. The number of aromatic nitrogens is 3. The maximum Gasteiger partial charge on any atom is 0.223 e. The van der Waals surface area contributed by atoms with Gasteiger partial charge in [0.05, 0.1) is 11.3 Å². The van der Waals surface area contributed by atoms with Gasteiger partial charge in [-0.2, -0.15) is 0 Å². The molecule has 2 rings (SSSR count). The van der Waals surface area contributed by atoms with Crippen LogP contribution >= 0.6 is 0 Å². The number of nitrogens with two attached hydrogens (primary N) is 1. The second kappa shape index (κ2) is 7.49. The van der Waals surface area contributed by atoms with Crippen LogP contribution in [-0.2, 0) is 6.54 Å². The highest BCUT2D eigenvalue weighted by molar-refractivity contribution is 6.05. The van der Waals surface area contributed by atoms with Crippen molar-refractivity contribution in [1.82, 2.24) is 15.0 Å². The molecular formula is C17H21N5O. The Morgan fingerprint density at radius 3 is 2.78 bits per heavy atom. The van der Waals surface area contributed by atoms with Crippen molar-refractivity contribution >= 4 is 11.7 Å². The Labute approximate surface area is 135 Å². The number of carbonyl (C=O) groups is 1. The van der Waals surface area contributed by atoms with Crippen LogP contribution in [0.3, 0.4) is 0 Å². The lowest BCUT2D eigenvalue weighted by atomic mass is 10.0. The molecule has 0 amide bonds. The number of rotatable bonds is 6. The summed E-state index contributed by atoms with van der Waals surface area (Å²) in [6, 6.07) is 3.84. The Hall–Kier alpha value is -2.76. The van der Waals surface area contributed by atoms with Gasteiger partial charge in [-0.15, -0.1) is 0 Å². The van der Waals surface area contributed by atoms with Crippen molar-refractivity contribution in [3.8, 4) is 0 Å². The zero-order chi connectivity index (χ0) is 16.8. The molecule has 0 aliphatic carbocycles. The quantitative estimate of drug-likeness (QED) is 0.629. The number of anilines is 1. The van der Waals surface area contributed by atoms with Gasteiger partial charge in [-0.3, -0.25) is 9.78 Å². The number of hydrogen-bond acceptors (Lipinski definition) is 6. The van der Waals surface area contributed by atoms with Crippen molar-refractivity contribution in [1.29, 1.82) is 0 Å². The second-order valence-electron chi connectivity index (χ2n) is 5.61. The second-order valence-corrected chi connectivity index (χ2v) is 5.61. The van der Waals surface area contributed by atoms with E-state index in [1.165, 1.54) is 6.08 Å². The van der Waals surface area contributed by atoms with E-state index in [0.717, 1.165) is 5.56 Å². The van der Waals surface area contributed by atoms with Crippen LogP contribution < -0.4 is 11.1 Å². The molecular weight excluding hydrogens is 290 g/mol. The normalized spacial score (nSPS) is 11.6. The number of allylic oxidation sites excluding steroid dienone is 2. The maximum atomic E-state index is 12.2. The molecule has 2 aromatic rings. The smallest absolute Gasteiger partial charge is 0.223 e. The molecule has 6 heteroatoms. The van der Waals surface area contributed by atoms with E-state index in [-0.39, 0.29) is 11.7 Å². The summed E-state index contributed by atoms with van der Waals surface area (Å²) in [7, 11) is 0. The van der Waals surface area contributed by atoms with Crippen molar-refractivity contribution in [2.75, 3.05) is 5.32 Å². The van der Waals surface area contributed by atoms with E-state index in [0.29, 0.717) is 29.4 Å². The first-order valence-electron chi connectivity index (χ1n) is 7.45. The fourth-order valence-corrected chi connectivity index (χ4v) is 2.08. The van der Waals surface area contributed by atoms with Crippen LogP contribution in [0.25, 0.3) is 0 Å². The van der Waals surface area contributed by atoms with Crippen LogP contribution in [0.4, 0.5) is 5.95 Å². The summed E-state index contributed by atoms with van der Waals surface area (Å²) in [4.78, 5) is 25.0. The van der Waals surface area contributed by atoms with Gasteiger partial charge in [0.2, 0.25) is 5.95 Å². The van der Waals surface area contributed by atoms with Gasteiger partial charge in [0.25, 0.3) is 0 Å². The predicted molar refractivity (Wildman–Crippen MR) is 90.0 cm³/mol. The molecule has 0 aliphatic rings. The molecule has 0 atom stereocenters. The van der Waals surface area contributed by atoms with Gasteiger partial charge in [0, 0.05) is 36.9 Å². The third kappa shape index (κ3) is 4.60. The Kier molecular flexibility index (Phi) is 5.41. The lowest BCUT2D eigenvalue weighted by Crippen LogP contribution is -2.12. The molecule has 0 aromatic carbocycles. The summed E-state index contributed by atoms with van der Waals surface area (Å²) in [6.45, 7) is 6.23. The molecule has 0 unspecified atom stereocenters. The first-order valence-corrected chi connectivity index (χ1v) is 7.45. The van der Waals surface area contributed by atoms with Crippen molar-refractivity contribution in [2.45, 2.75) is 33.2 Å². The minimum Gasteiger partial charge on any atom is -0.402 e. The average molecular weight is 311 g/mol. The molecule has 6 nitrogen and oxygen atoms in total. The van der Waals surface area contributed by atoms with Crippen molar-refractivity contribution < 1.29 is 4.79 Å². The van der Waals surface area contributed by atoms with E-state index in [1.54, 1.807) is 25.5 Å². The van der Waals surface area contributed by atoms with Gasteiger partial charge in [-0.25, -0.2) is 9.97 Å². The lowest BCUT2D eigenvalue weighted by Gasteiger charge is -2.12. The van der Waals surface area contributed by atoms with E-state index in [9.17, 15) is 4.79 Å². The number of hydrogen-bond donors (Lipinski definition) is 2. The zero-order valence-electron chi connectivity index (χ0n) is 13.6. The van der Waals surface area contributed by atoms with Gasteiger partial charge in [0.1, 0.15) is 0 Å². The maximum absolute atomic E-state index is 12.2. The summed E-state index contributed by atoms with van der Waals surface area (Å²) >= 11 is 0. The van der Waals surface area contributed by atoms with Crippen molar-refractivity contribution in [3.05, 3.63) is 59.3 Å². The number of ketones is 1.